The van der Waals surface area contributed by atoms with Gasteiger partial charge in [-0.15, -0.1) is 0 Å². The smallest absolute Gasteiger partial charge is 0.410 e. The van der Waals surface area contributed by atoms with Gasteiger partial charge in [0.1, 0.15) is 5.60 Å². The zero-order chi connectivity index (χ0) is 21.5. The second-order valence-electron chi connectivity index (χ2n) is 5.24. The molecule has 0 atom stereocenters. The molecule has 0 aromatic heterocycles. The Balaban J connectivity index is 3.80. The van der Waals surface area contributed by atoms with Crippen molar-refractivity contribution in [2.45, 2.75) is 52.0 Å². The van der Waals surface area contributed by atoms with Crippen molar-refractivity contribution in [3.63, 3.8) is 0 Å². The molecule has 0 heterocycles. The summed E-state index contributed by atoms with van der Waals surface area (Å²) < 4.78 is 69.8. The van der Waals surface area contributed by atoms with E-state index >= 15 is 0 Å². The summed E-state index contributed by atoms with van der Waals surface area (Å²) in [4.78, 5) is 13.0. The molecule has 0 saturated heterocycles. The van der Waals surface area contributed by atoms with Crippen molar-refractivity contribution in [3.05, 3.63) is 35.9 Å². The van der Waals surface area contributed by atoms with Gasteiger partial charge in [-0.1, -0.05) is 30.3 Å². The van der Waals surface area contributed by atoms with Crippen molar-refractivity contribution in [2.75, 3.05) is 7.05 Å². The molecule has 1 aromatic carbocycles. The molecule has 0 aliphatic heterocycles. The Labute approximate surface area is 127 Å². The molecule has 0 aliphatic carbocycles. The minimum absolute atomic E-state index is 0.173. The fourth-order valence-corrected chi connectivity index (χ4v) is 1.28. The average molecular weight is 271 g/mol. The van der Waals surface area contributed by atoms with Gasteiger partial charge in [0, 0.05) is 23.6 Å². The van der Waals surface area contributed by atoms with Gasteiger partial charge in [0.15, 0.2) is 0 Å². The fraction of sp³-hybridized carbons (Fsp3) is 0.562. The van der Waals surface area contributed by atoms with Crippen LogP contribution >= 0.6 is 0 Å². The van der Waals surface area contributed by atoms with Crippen LogP contribution in [0, 0.1) is 0 Å². The first-order valence-electron chi connectivity index (χ1n) is 9.92. The van der Waals surface area contributed by atoms with Gasteiger partial charge < -0.3 is 9.64 Å². The maximum atomic E-state index is 12.6. The standard InChI is InChI=1S/C16H25NO2/c1-15(2,3)19-14(18)17(6)16(4,5)12-13-10-8-7-9-11-13/h7-11H,12H2,1-6H3/i4D3,5D3,12D2. The Morgan fingerprint density at radius 3 is 2.37 bits per heavy atom. The first kappa shape index (κ1) is 7.32. The van der Waals surface area contributed by atoms with E-state index in [-0.39, 0.29) is 5.56 Å². The predicted molar refractivity (Wildman–Crippen MR) is 78.2 cm³/mol. The molecule has 3 nitrogen and oxygen atoms in total. The number of benzene rings is 1. The molecule has 1 rings (SSSR count). The summed E-state index contributed by atoms with van der Waals surface area (Å²) in [6.07, 6.45) is -4.19. The lowest BCUT2D eigenvalue weighted by molar-refractivity contribution is 0.0112. The van der Waals surface area contributed by atoms with Crippen LogP contribution in [0.3, 0.4) is 0 Å². The third kappa shape index (κ3) is 4.93. The van der Waals surface area contributed by atoms with E-state index in [1.165, 1.54) is 45.0 Å². The Morgan fingerprint density at radius 1 is 1.32 bits per heavy atom. The maximum absolute atomic E-state index is 12.6. The number of carbonyl (C=O) groups excluding carboxylic acids is 1. The zero-order valence-electron chi connectivity index (χ0n) is 19.7. The van der Waals surface area contributed by atoms with E-state index in [9.17, 15) is 4.79 Å². The summed E-state index contributed by atoms with van der Waals surface area (Å²) >= 11 is 0. The Hall–Kier alpha value is -1.51. The normalized spacial score (nSPS) is 20.4. The highest BCUT2D eigenvalue weighted by molar-refractivity contribution is 5.68. The van der Waals surface area contributed by atoms with Gasteiger partial charge in [-0.3, -0.25) is 0 Å². The van der Waals surface area contributed by atoms with E-state index in [0.29, 0.717) is 4.90 Å². The van der Waals surface area contributed by atoms with Gasteiger partial charge in [-0.05, 0) is 46.4 Å². The number of hydrogen-bond acceptors (Lipinski definition) is 2. The minimum Gasteiger partial charge on any atom is -0.444 e. The lowest BCUT2D eigenvalue weighted by Crippen LogP contribution is -2.48. The number of carbonyl (C=O) groups is 1. The monoisotopic (exact) mass is 271 g/mol. The molecule has 0 N–H and O–H groups in total. The number of amides is 1. The van der Waals surface area contributed by atoms with Gasteiger partial charge in [0.25, 0.3) is 0 Å². The van der Waals surface area contributed by atoms with Crippen molar-refractivity contribution in [1.29, 1.82) is 0 Å². The van der Waals surface area contributed by atoms with Crippen LogP contribution in [0.15, 0.2) is 30.3 Å². The molecule has 0 unspecified atom stereocenters. The average Bonchev–Trinajstić information content (AvgIpc) is 2.43. The van der Waals surface area contributed by atoms with Gasteiger partial charge in [0.05, 0.1) is 0 Å². The van der Waals surface area contributed by atoms with Crippen molar-refractivity contribution >= 4 is 6.09 Å². The molecule has 1 amide bonds. The SMILES string of the molecule is [2H]C([2H])([2H])C(N(C)C(=O)OC(C)(C)C)(C([2H])([2H])[2H])C([2H])([2H])c1ccccc1. The van der Waals surface area contributed by atoms with E-state index in [0.717, 1.165) is 7.05 Å². The molecule has 0 aliphatic rings. The molecule has 106 valence electrons. The molecule has 3 heteroatoms. The molecular weight excluding hydrogens is 238 g/mol. The van der Waals surface area contributed by atoms with Gasteiger partial charge >= 0.3 is 6.09 Å². The van der Waals surface area contributed by atoms with Crippen LogP contribution in [0.1, 0.15) is 51.0 Å². The molecule has 0 bridgehead atoms. The van der Waals surface area contributed by atoms with Crippen molar-refractivity contribution < 1.29 is 20.5 Å². The molecule has 19 heavy (non-hydrogen) atoms. The lowest BCUT2D eigenvalue weighted by Gasteiger charge is -2.36. The third-order valence-corrected chi connectivity index (χ3v) is 2.27. The van der Waals surface area contributed by atoms with Crippen molar-refractivity contribution in [2.24, 2.45) is 0 Å². The lowest BCUT2D eigenvalue weighted by atomic mass is 9.94. The van der Waals surface area contributed by atoms with E-state index in [1.807, 2.05) is 0 Å². The molecule has 0 saturated carbocycles. The van der Waals surface area contributed by atoms with Crippen molar-refractivity contribution in [1.82, 2.24) is 4.90 Å². The maximum Gasteiger partial charge on any atom is 0.410 e. The summed E-state index contributed by atoms with van der Waals surface area (Å²) in [7, 11) is 0.938. The number of nitrogens with zero attached hydrogens (tertiary/aromatic N) is 1. The summed E-state index contributed by atoms with van der Waals surface area (Å²) in [5.41, 5.74) is -4.39. The van der Waals surface area contributed by atoms with Crippen LogP contribution in [0.5, 0.6) is 0 Å². The number of likely N-dealkylation sites (N-methyl/N-ethyl adjacent to an activating group) is 1. The van der Waals surface area contributed by atoms with Crippen LogP contribution in [-0.4, -0.2) is 29.2 Å². The molecular formula is C16H25NO2. The van der Waals surface area contributed by atoms with Crippen LogP contribution in [0.2, 0.25) is 0 Å². The third-order valence-electron chi connectivity index (χ3n) is 2.27. The molecule has 0 fully saturated rings. The highest BCUT2D eigenvalue weighted by Crippen LogP contribution is 2.21. The number of rotatable bonds is 3. The van der Waals surface area contributed by atoms with E-state index in [4.69, 9.17) is 15.7 Å². The Bertz CT molecular complexity index is 648. The first-order chi connectivity index (χ1) is 11.9. The predicted octanol–water partition coefficient (Wildman–Crippen LogP) is 3.87. The fourth-order valence-electron chi connectivity index (χ4n) is 1.28. The molecule has 0 spiro atoms. The first-order valence-corrected chi connectivity index (χ1v) is 5.92. The van der Waals surface area contributed by atoms with Crippen LogP contribution in [0.25, 0.3) is 0 Å². The Morgan fingerprint density at radius 2 is 1.89 bits per heavy atom. The van der Waals surface area contributed by atoms with E-state index in [1.54, 1.807) is 6.07 Å². The van der Waals surface area contributed by atoms with Crippen LogP contribution in [-0.2, 0) is 11.1 Å². The van der Waals surface area contributed by atoms with Gasteiger partial charge in [-0.25, -0.2) is 4.79 Å². The van der Waals surface area contributed by atoms with Crippen molar-refractivity contribution in [3.8, 4) is 0 Å². The van der Waals surface area contributed by atoms with E-state index < -0.39 is 37.3 Å². The van der Waals surface area contributed by atoms with Crippen LogP contribution < -0.4 is 0 Å². The largest absolute Gasteiger partial charge is 0.444 e. The highest BCUT2D eigenvalue weighted by Gasteiger charge is 2.31. The summed E-state index contributed by atoms with van der Waals surface area (Å²) in [6.45, 7) is -2.18. The van der Waals surface area contributed by atoms with Crippen LogP contribution in [0.4, 0.5) is 4.79 Å². The van der Waals surface area contributed by atoms with Gasteiger partial charge in [0.2, 0.25) is 0 Å². The quantitative estimate of drug-likeness (QED) is 0.835. The second-order valence-corrected chi connectivity index (χ2v) is 5.24. The number of ether oxygens (including phenoxy) is 1. The molecule has 1 aromatic rings. The Kier molecular flexibility index (Phi) is 2.17. The highest BCUT2D eigenvalue weighted by atomic mass is 16.6. The topological polar surface area (TPSA) is 29.5 Å². The zero-order valence-corrected chi connectivity index (χ0v) is 11.7. The summed E-state index contributed by atoms with van der Waals surface area (Å²) in [5, 5.41) is 0. The van der Waals surface area contributed by atoms with E-state index in [2.05, 4.69) is 0 Å². The summed E-state index contributed by atoms with van der Waals surface area (Å²) in [5.74, 6) is 0. The summed E-state index contributed by atoms with van der Waals surface area (Å²) in [6, 6.07) is 7.09. The second kappa shape index (κ2) is 5.64. The minimum atomic E-state index is -3.40. The number of hydrogen-bond donors (Lipinski definition) is 0. The molecule has 0 radical (unpaired) electrons. The van der Waals surface area contributed by atoms with Gasteiger partial charge in [-0.2, -0.15) is 0 Å².